The Labute approximate surface area is 161 Å². The molecule has 1 saturated heterocycles. The molecule has 4 heteroatoms. The maximum Gasteiger partial charge on any atom is 0.306 e. The molecule has 0 aromatic rings. The van der Waals surface area contributed by atoms with Gasteiger partial charge in [-0.2, -0.15) is 12.6 Å². The molecule has 6 unspecified atom stereocenters. The van der Waals surface area contributed by atoms with Crippen LogP contribution in [0.2, 0.25) is 0 Å². The maximum absolute atomic E-state index is 12.0. The van der Waals surface area contributed by atoms with Crippen LogP contribution < -0.4 is 0 Å². The number of carbonyl (C=O) groups excluding carboxylic acids is 2. The van der Waals surface area contributed by atoms with Crippen molar-refractivity contribution in [2.75, 3.05) is 0 Å². The molecule has 142 valence electrons. The van der Waals surface area contributed by atoms with Gasteiger partial charge < -0.3 is 4.74 Å². The lowest BCUT2D eigenvalue weighted by Gasteiger charge is -2.59. The fraction of sp³-hybridized carbons (Fsp3) is 0.818. The number of ketones is 1. The smallest absolute Gasteiger partial charge is 0.306 e. The molecule has 0 radical (unpaired) electrons. The third-order valence-corrected chi connectivity index (χ3v) is 9.79. The highest BCUT2D eigenvalue weighted by atomic mass is 32.1. The molecule has 1 aliphatic heterocycles. The Hall–Kier alpha value is -0.770. The summed E-state index contributed by atoms with van der Waals surface area (Å²) in [5.74, 6) is 2.12. The first kappa shape index (κ1) is 17.3. The Kier molecular flexibility index (Phi) is 3.60. The lowest BCUT2D eigenvalue weighted by atomic mass is 9.46. The predicted molar refractivity (Wildman–Crippen MR) is 103 cm³/mol. The van der Waals surface area contributed by atoms with Gasteiger partial charge in [0.05, 0.1) is 0 Å². The number of esters is 1. The number of ether oxygens (including phenoxy) is 1. The topological polar surface area (TPSA) is 43.4 Å². The molecule has 3 saturated carbocycles. The summed E-state index contributed by atoms with van der Waals surface area (Å²) in [7, 11) is 0. The third-order valence-electron chi connectivity index (χ3n) is 9.29. The van der Waals surface area contributed by atoms with Gasteiger partial charge in [-0.3, -0.25) is 9.59 Å². The van der Waals surface area contributed by atoms with Crippen LogP contribution in [-0.2, 0) is 14.3 Å². The van der Waals surface area contributed by atoms with E-state index in [1.165, 1.54) is 12.0 Å². The number of carbonyl (C=O) groups is 2. The van der Waals surface area contributed by atoms with Crippen molar-refractivity contribution < 1.29 is 14.3 Å². The minimum Gasteiger partial charge on any atom is -0.458 e. The van der Waals surface area contributed by atoms with E-state index in [2.05, 4.69) is 19.9 Å². The van der Waals surface area contributed by atoms with Gasteiger partial charge in [0.25, 0.3) is 0 Å². The fourth-order valence-corrected chi connectivity index (χ4v) is 8.36. The zero-order chi connectivity index (χ0) is 18.3. The number of rotatable bonds is 0. The summed E-state index contributed by atoms with van der Waals surface area (Å²) in [5, 5.41) is 0.228. The molecule has 5 rings (SSSR count). The molecule has 0 aromatic carbocycles. The second-order valence-electron chi connectivity index (χ2n) is 10.1. The van der Waals surface area contributed by atoms with Crippen molar-refractivity contribution >= 4 is 24.4 Å². The number of hydrogen-bond donors (Lipinski definition) is 1. The van der Waals surface area contributed by atoms with E-state index in [9.17, 15) is 9.59 Å². The molecule has 0 aromatic heterocycles. The van der Waals surface area contributed by atoms with Gasteiger partial charge in [0.1, 0.15) is 11.4 Å². The Morgan fingerprint density at radius 3 is 2.54 bits per heavy atom. The minimum absolute atomic E-state index is 0.00000269. The van der Waals surface area contributed by atoms with Crippen LogP contribution in [0.4, 0.5) is 0 Å². The number of allylic oxidation sites excluding steroid dienone is 1. The summed E-state index contributed by atoms with van der Waals surface area (Å²) in [6.07, 6.45) is 10.7. The average molecular weight is 375 g/mol. The van der Waals surface area contributed by atoms with Gasteiger partial charge in [-0.25, -0.2) is 0 Å². The number of fused-ring (bicyclic) bond motifs is 6. The Balaban J connectivity index is 1.54. The Morgan fingerprint density at radius 1 is 1.04 bits per heavy atom. The van der Waals surface area contributed by atoms with Crippen molar-refractivity contribution in [2.24, 2.45) is 28.6 Å². The summed E-state index contributed by atoms with van der Waals surface area (Å²) in [5.41, 5.74) is 1.40. The molecule has 7 atom stereocenters. The predicted octanol–water partition coefficient (Wildman–Crippen LogP) is 4.50. The lowest BCUT2D eigenvalue weighted by molar-refractivity contribution is -0.166. The van der Waals surface area contributed by atoms with Crippen LogP contribution in [-0.4, -0.2) is 22.6 Å². The second-order valence-corrected chi connectivity index (χ2v) is 10.7. The minimum atomic E-state index is -0.222. The number of hydrogen-bond acceptors (Lipinski definition) is 4. The molecular formula is C22H30O3S. The summed E-state index contributed by atoms with van der Waals surface area (Å²) in [4.78, 5) is 24.0. The van der Waals surface area contributed by atoms with Crippen LogP contribution in [0.25, 0.3) is 0 Å². The van der Waals surface area contributed by atoms with Gasteiger partial charge in [-0.15, -0.1) is 0 Å². The van der Waals surface area contributed by atoms with Gasteiger partial charge in [0.15, 0.2) is 0 Å². The SMILES string of the molecule is CC12CCC(=O)CC1=C[C@@H](S)C1C2CCC2(C)C1CCC21CCC(=O)O1. The first-order valence-corrected chi connectivity index (χ1v) is 10.9. The van der Waals surface area contributed by atoms with Gasteiger partial charge in [0.2, 0.25) is 0 Å². The normalized spacial score (nSPS) is 53.0. The van der Waals surface area contributed by atoms with Gasteiger partial charge in [0, 0.05) is 29.9 Å². The van der Waals surface area contributed by atoms with Crippen LogP contribution in [0.5, 0.6) is 0 Å². The van der Waals surface area contributed by atoms with E-state index in [1.807, 2.05) is 0 Å². The van der Waals surface area contributed by atoms with Crippen molar-refractivity contribution in [1.29, 1.82) is 0 Å². The Morgan fingerprint density at radius 2 is 1.81 bits per heavy atom. The van der Waals surface area contributed by atoms with E-state index in [-0.39, 0.29) is 27.7 Å². The van der Waals surface area contributed by atoms with Crippen molar-refractivity contribution in [3.63, 3.8) is 0 Å². The average Bonchev–Trinajstić information content (AvgIpc) is 3.11. The molecule has 0 amide bonds. The quantitative estimate of drug-likeness (QED) is 0.386. The van der Waals surface area contributed by atoms with Gasteiger partial charge in [-0.1, -0.05) is 25.5 Å². The highest BCUT2D eigenvalue weighted by Crippen LogP contribution is 2.69. The van der Waals surface area contributed by atoms with E-state index in [0.717, 1.165) is 38.5 Å². The van der Waals surface area contributed by atoms with Crippen molar-refractivity contribution in [2.45, 2.75) is 82.5 Å². The molecule has 3 nitrogen and oxygen atoms in total. The lowest BCUT2D eigenvalue weighted by Crippen LogP contribution is -2.56. The molecule has 4 aliphatic carbocycles. The van der Waals surface area contributed by atoms with Crippen LogP contribution >= 0.6 is 12.6 Å². The Bertz CT molecular complexity index is 714. The fourth-order valence-electron chi connectivity index (χ4n) is 7.76. The van der Waals surface area contributed by atoms with Crippen molar-refractivity contribution in [1.82, 2.24) is 0 Å². The molecule has 1 spiro atoms. The number of Topliss-reactive ketones (excluding diaryl/α,β-unsaturated/α-hetero) is 1. The van der Waals surface area contributed by atoms with Crippen LogP contribution in [0, 0.1) is 28.6 Å². The second kappa shape index (κ2) is 5.40. The number of thiol groups is 1. The van der Waals surface area contributed by atoms with Crippen LogP contribution in [0.1, 0.15) is 71.6 Å². The zero-order valence-corrected chi connectivity index (χ0v) is 16.8. The van der Waals surface area contributed by atoms with Gasteiger partial charge in [-0.05, 0) is 61.7 Å². The summed E-state index contributed by atoms with van der Waals surface area (Å²) < 4.78 is 6.02. The van der Waals surface area contributed by atoms with E-state index in [1.54, 1.807) is 0 Å². The molecule has 4 fully saturated rings. The van der Waals surface area contributed by atoms with Crippen molar-refractivity contribution in [3.8, 4) is 0 Å². The van der Waals surface area contributed by atoms with Crippen LogP contribution in [0.3, 0.4) is 0 Å². The molecule has 0 N–H and O–H groups in total. The highest BCUT2D eigenvalue weighted by Gasteiger charge is 2.67. The molecule has 5 aliphatic rings. The largest absolute Gasteiger partial charge is 0.458 e. The van der Waals surface area contributed by atoms with Crippen molar-refractivity contribution in [3.05, 3.63) is 11.6 Å². The molecule has 26 heavy (non-hydrogen) atoms. The van der Waals surface area contributed by atoms with E-state index >= 15 is 0 Å². The van der Waals surface area contributed by atoms with Gasteiger partial charge >= 0.3 is 5.97 Å². The first-order valence-electron chi connectivity index (χ1n) is 10.4. The summed E-state index contributed by atoms with van der Waals surface area (Å²) >= 11 is 5.04. The first-order chi connectivity index (χ1) is 12.3. The highest BCUT2D eigenvalue weighted by molar-refractivity contribution is 7.81. The van der Waals surface area contributed by atoms with E-state index in [4.69, 9.17) is 17.4 Å². The molecular weight excluding hydrogens is 344 g/mol. The monoisotopic (exact) mass is 374 g/mol. The molecule has 1 heterocycles. The van der Waals surface area contributed by atoms with E-state index < -0.39 is 0 Å². The summed E-state index contributed by atoms with van der Waals surface area (Å²) in [6.45, 7) is 4.80. The standard InChI is InChI=1S/C22H30O3S/c1-20-7-3-14(23)11-13(20)12-17(26)19-15(20)4-8-21(2)16(19)5-9-22(21)10-6-18(24)25-22/h12,15-17,19,26H,3-11H2,1-2H3/t15?,16?,17-,19?,20?,21?,22?/m1/s1. The van der Waals surface area contributed by atoms with E-state index in [0.29, 0.717) is 36.4 Å². The molecule has 0 bridgehead atoms. The maximum atomic E-state index is 12.0. The summed E-state index contributed by atoms with van der Waals surface area (Å²) in [6, 6.07) is 0. The van der Waals surface area contributed by atoms with Crippen LogP contribution in [0.15, 0.2) is 11.6 Å². The zero-order valence-electron chi connectivity index (χ0n) is 15.9. The third kappa shape index (κ3) is 2.03.